The summed E-state index contributed by atoms with van der Waals surface area (Å²) in [5.41, 5.74) is 1.35. The Hall–Kier alpha value is -2.01. The highest BCUT2D eigenvalue weighted by atomic mass is 79.9. The van der Waals surface area contributed by atoms with E-state index in [-0.39, 0.29) is 28.5 Å². The molecule has 0 aliphatic rings. The van der Waals surface area contributed by atoms with E-state index in [0.717, 1.165) is 5.52 Å². The van der Waals surface area contributed by atoms with E-state index in [1.54, 1.807) is 29.0 Å². The molecule has 0 aliphatic heterocycles. The molecule has 0 atom stereocenters. The molecule has 0 aliphatic carbocycles. The van der Waals surface area contributed by atoms with E-state index in [9.17, 15) is 10.2 Å². The summed E-state index contributed by atoms with van der Waals surface area (Å²) in [4.78, 5) is 0. The lowest BCUT2D eigenvalue weighted by Gasteiger charge is -1.97. The molecule has 18 heavy (non-hydrogen) atoms. The van der Waals surface area contributed by atoms with Gasteiger partial charge in [-0.2, -0.15) is 0 Å². The van der Waals surface area contributed by atoms with E-state index in [2.05, 4.69) is 0 Å². The number of phenolic OH excluding ortho intramolecular Hbond substituents is 2. The highest BCUT2D eigenvalue weighted by molar-refractivity contribution is 5.72. The highest BCUT2D eigenvalue weighted by Gasteiger charge is 2.22. The van der Waals surface area contributed by atoms with Crippen LogP contribution in [0.1, 0.15) is 0 Å². The summed E-state index contributed by atoms with van der Waals surface area (Å²) in [5, 5.41) is 19.2. The van der Waals surface area contributed by atoms with Gasteiger partial charge in [-0.1, -0.05) is 16.7 Å². The molecule has 0 bridgehead atoms. The van der Waals surface area contributed by atoms with E-state index in [1.807, 2.05) is 18.2 Å². The van der Waals surface area contributed by atoms with Crippen molar-refractivity contribution in [3.63, 3.8) is 0 Å². The molecule has 3 aromatic rings. The van der Waals surface area contributed by atoms with Crippen LogP contribution in [0.4, 0.5) is 0 Å². The number of hydrogen-bond acceptors (Lipinski definition) is 2. The summed E-state index contributed by atoms with van der Waals surface area (Å²) in [5.74, 6) is 0.171. The molecule has 92 valence electrons. The van der Waals surface area contributed by atoms with Crippen LogP contribution >= 0.6 is 0 Å². The fourth-order valence-corrected chi connectivity index (χ4v) is 1.76. The van der Waals surface area contributed by atoms with E-state index in [1.165, 1.54) is 6.07 Å². The Labute approximate surface area is 113 Å². The molecule has 2 heterocycles. The molecule has 0 spiro atoms. The van der Waals surface area contributed by atoms with Gasteiger partial charge in [0, 0.05) is 4.57 Å². The molecule has 1 aromatic carbocycles. The van der Waals surface area contributed by atoms with E-state index in [0.29, 0.717) is 11.3 Å². The van der Waals surface area contributed by atoms with Gasteiger partial charge in [0.15, 0.2) is 11.5 Å². The minimum Gasteiger partial charge on any atom is -1.00 e. The molecule has 2 N–H and O–H groups in total. The first-order chi connectivity index (χ1) is 8.25. The van der Waals surface area contributed by atoms with Crippen molar-refractivity contribution in [2.75, 3.05) is 0 Å². The number of benzene rings is 1. The predicted octanol–water partition coefficient (Wildman–Crippen LogP) is -0.104. The van der Waals surface area contributed by atoms with Crippen LogP contribution in [0.5, 0.6) is 11.5 Å². The quantitative estimate of drug-likeness (QED) is 0.487. The van der Waals surface area contributed by atoms with Gasteiger partial charge in [0.2, 0.25) is 0 Å². The second kappa shape index (κ2) is 4.70. The zero-order valence-electron chi connectivity index (χ0n) is 9.25. The van der Waals surface area contributed by atoms with Crippen molar-refractivity contribution < 1.29 is 31.7 Å². The Morgan fingerprint density at radius 2 is 1.83 bits per heavy atom. The van der Waals surface area contributed by atoms with Gasteiger partial charge < -0.3 is 27.2 Å². The number of phenols is 2. The Bertz CT molecular complexity index is 661. The number of rotatable bonds is 1. The standard InChI is InChI=1S/C13H9NO3.BrH/c15-11-6-3-5-10(13(11)16)12-8-9-4-1-2-7-14(9)17-12;/h1-8H,(H-,15,16);1H. The van der Waals surface area contributed by atoms with Crippen LogP contribution in [0, 0.1) is 0 Å². The van der Waals surface area contributed by atoms with Crippen molar-refractivity contribution in [2.24, 2.45) is 0 Å². The third-order valence-corrected chi connectivity index (χ3v) is 2.61. The van der Waals surface area contributed by atoms with Crippen LogP contribution in [0.2, 0.25) is 0 Å². The Morgan fingerprint density at radius 1 is 1.00 bits per heavy atom. The molecule has 3 rings (SSSR count). The third kappa shape index (κ3) is 1.93. The summed E-state index contributed by atoms with van der Waals surface area (Å²) in [6.07, 6.45) is 1.78. The summed E-state index contributed by atoms with van der Waals surface area (Å²) >= 11 is 0. The van der Waals surface area contributed by atoms with Crippen molar-refractivity contribution in [3.8, 4) is 22.8 Å². The number of aromatic hydroxyl groups is 2. The second-order valence-corrected chi connectivity index (χ2v) is 3.72. The minimum absolute atomic E-state index is 0. The maximum atomic E-state index is 9.76. The zero-order valence-corrected chi connectivity index (χ0v) is 10.8. The van der Waals surface area contributed by atoms with Crippen molar-refractivity contribution in [1.82, 2.24) is 4.57 Å². The number of hydrogen-bond donors (Lipinski definition) is 2. The predicted molar refractivity (Wildman–Crippen MR) is 62.8 cm³/mol. The van der Waals surface area contributed by atoms with Crippen LogP contribution in [-0.4, -0.2) is 14.8 Å². The van der Waals surface area contributed by atoms with Crippen molar-refractivity contribution >= 4 is 5.52 Å². The molecule has 4 nitrogen and oxygen atoms in total. The van der Waals surface area contributed by atoms with Crippen LogP contribution in [0.3, 0.4) is 0 Å². The van der Waals surface area contributed by atoms with E-state index < -0.39 is 0 Å². The Balaban J connectivity index is 0.00000120. The molecule has 5 heteroatoms. The van der Waals surface area contributed by atoms with Gasteiger partial charge in [0.25, 0.3) is 0 Å². The van der Waals surface area contributed by atoms with Crippen LogP contribution in [0.15, 0.2) is 53.2 Å². The maximum absolute atomic E-state index is 9.76. The summed E-state index contributed by atoms with van der Waals surface area (Å²) < 4.78 is 7.13. The number of halogens is 1. The topological polar surface area (TPSA) is 56.2 Å². The summed E-state index contributed by atoms with van der Waals surface area (Å²) in [7, 11) is 0. The first-order valence-electron chi connectivity index (χ1n) is 5.18. The van der Waals surface area contributed by atoms with Crippen LogP contribution in [0.25, 0.3) is 16.8 Å². The van der Waals surface area contributed by atoms with E-state index in [4.69, 9.17) is 4.52 Å². The summed E-state index contributed by atoms with van der Waals surface area (Å²) in [6.45, 7) is 0. The number of para-hydroxylation sites is 1. The normalized spacial score (nSPS) is 10.2. The molecule has 0 unspecified atom stereocenters. The Kier molecular flexibility index (Phi) is 3.25. The van der Waals surface area contributed by atoms with Crippen molar-refractivity contribution in [2.45, 2.75) is 0 Å². The largest absolute Gasteiger partial charge is 1.00 e. The monoisotopic (exact) mass is 307 g/mol. The minimum atomic E-state index is -0.174. The molecule has 2 aromatic heterocycles. The first-order valence-corrected chi connectivity index (χ1v) is 5.18. The molecule has 0 saturated heterocycles. The second-order valence-electron chi connectivity index (χ2n) is 3.72. The van der Waals surface area contributed by atoms with Gasteiger partial charge in [0.05, 0.1) is 12.3 Å². The number of aromatic nitrogens is 1. The van der Waals surface area contributed by atoms with Gasteiger partial charge in [0.1, 0.15) is 11.1 Å². The van der Waals surface area contributed by atoms with Gasteiger partial charge >= 0.3 is 5.76 Å². The van der Waals surface area contributed by atoms with Gasteiger partial charge in [-0.3, -0.25) is 0 Å². The molecule has 0 radical (unpaired) electrons. The van der Waals surface area contributed by atoms with Crippen molar-refractivity contribution in [1.29, 1.82) is 0 Å². The van der Waals surface area contributed by atoms with Crippen molar-refractivity contribution in [3.05, 3.63) is 48.7 Å². The fourth-order valence-electron chi connectivity index (χ4n) is 1.76. The van der Waals surface area contributed by atoms with Crippen LogP contribution < -0.4 is 17.0 Å². The SMILES string of the molecule is Oc1cccc(-c2cc3ccccn3[o+]2)c1O.[Br-]. The number of fused-ring (bicyclic) bond motifs is 1. The molecule has 0 saturated carbocycles. The lowest BCUT2D eigenvalue weighted by molar-refractivity contribution is -0.00000557. The molecule has 0 fully saturated rings. The lowest BCUT2D eigenvalue weighted by atomic mass is 10.1. The number of pyridine rings is 1. The molecule has 0 amide bonds. The number of nitrogens with zero attached hydrogens (tertiary/aromatic N) is 1. The van der Waals surface area contributed by atoms with Gasteiger partial charge in [-0.25, -0.2) is 0 Å². The first kappa shape index (κ1) is 12.4. The molecular formula is C13H10BrNO3. The van der Waals surface area contributed by atoms with Gasteiger partial charge in [-0.05, 0) is 24.3 Å². The average molecular weight is 308 g/mol. The fraction of sp³-hybridized carbons (Fsp3) is 0. The van der Waals surface area contributed by atoms with E-state index >= 15 is 0 Å². The maximum Gasteiger partial charge on any atom is 0.410 e. The van der Waals surface area contributed by atoms with Crippen LogP contribution in [-0.2, 0) is 0 Å². The lowest BCUT2D eigenvalue weighted by Crippen LogP contribution is -3.00. The molecular weight excluding hydrogens is 298 g/mol. The highest BCUT2D eigenvalue weighted by Crippen LogP contribution is 2.36. The smallest absolute Gasteiger partial charge is 0.410 e. The zero-order chi connectivity index (χ0) is 11.8. The summed E-state index contributed by atoms with van der Waals surface area (Å²) in [6, 6.07) is 12.2. The third-order valence-electron chi connectivity index (χ3n) is 2.61. The Morgan fingerprint density at radius 3 is 2.61 bits per heavy atom. The average Bonchev–Trinajstić information content (AvgIpc) is 2.76. The van der Waals surface area contributed by atoms with Gasteiger partial charge in [-0.15, -0.1) is 0 Å².